The normalized spacial score (nSPS) is 10.6. The molecule has 0 saturated heterocycles. The predicted octanol–water partition coefficient (Wildman–Crippen LogP) is 1.67. The van der Waals surface area contributed by atoms with Gasteiger partial charge in [0, 0.05) is 24.8 Å². The highest BCUT2D eigenvalue weighted by atomic mass is 16.1. The maximum Gasteiger partial charge on any atom is 0.151 e. The molecule has 0 aliphatic carbocycles. The van der Waals surface area contributed by atoms with E-state index in [4.69, 9.17) is 0 Å². The van der Waals surface area contributed by atoms with Crippen LogP contribution in [0.3, 0.4) is 0 Å². The lowest BCUT2D eigenvalue weighted by molar-refractivity contribution is 0.112. The minimum atomic E-state index is 0.623. The average molecular weight is 235 g/mol. The highest BCUT2D eigenvalue weighted by Gasteiger charge is 2.05. The molecule has 0 unspecified atom stereocenters. The molecule has 1 heterocycles. The van der Waals surface area contributed by atoms with Crippen LogP contribution in [0.25, 0.3) is 0 Å². The molecule has 0 spiro atoms. The van der Waals surface area contributed by atoms with Crippen LogP contribution in [0.1, 0.15) is 23.7 Å². The van der Waals surface area contributed by atoms with Gasteiger partial charge in [-0.05, 0) is 46.1 Å². The molecule has 1 aromatic heterocycles. The summed E-state index contributed by atoms with van der Waals surface area (Å²) in [6.45, 7) is 5.11. The van der Waals surface area contributed by atoms with Crippen molar-refractivity contribution in [3.8, 4) is 0 Å². The molecule has 0 fully saturated rings. The monoisotopic (exact) mass is 235 g/mol. The van der Waals surface area contributed by atoms with Gasteiger partial charge in [0.15, 0.2) is 6.29 Å². The third kappa shape index (κ3) is 4.53. The first-order chi connectivity index (χ1) is 8.17. The third-order valence-electron chi connectivity index (χ3n) is 2.65. The maximum absolute atomic E-state index is 10.5. The fraction of sp³-hybridized carbons (Fsp3) is 0.538. The van der Waals surface area contributed by atoms with E-state index in [-0.39, 0.29) is 0 Å². The van der Waals surface area contributed by atoms with E-state index < -0.39 is 0 Å². The van der Waals surface area contributed by atoms with Crippen molar-refractivity contribution in [2.45, 2.75) is 13.3 Å². The molecule has 4 nitrogen and oxygen atoms in total. The van der Waals surface area contributed by atoms with Gasteiger partial charge < -0.3 is 9.80 Å². The number of anilines is 1. The predicted molar refractivity (Wildman–Crippen MR) is 70.7 cm³/mol. The highest BCUT2D eigenvalue weighted by Crippen LogP contribution is 2.10. The zero-order valence-corrected chi connectivity index (χ0v) is 10.9. The lowest BCUT2D eigenvalue weighted by Crippen LogP contribution is -2.27. The fourth-order valence-corrected chi connectivity index (χ4v) is 1.67. The number of nitrogens with zero attached hydrogens (tertiary/aromatic N) is 3. The van der Waals surface area contributed by atoms with Crippen LogP contribution in [-0.2, 0) is 0 Å². The van der Waals surface area contributed by atoms with Crippen molar-refractivity contribution >= 4 is 12.1 Å². The van der Waals surface area contributed by atoms with E-state index in [1.807, 2.05) is 12.1 Å². The molecule has 0 N–H and O–H groups in total. The molecule has 0 aliphatic heterocycles. The summed E-state index contributed by atoms with van der Waals surface area (Å²) in [7, 11) is 4.15. The van der Waals surface area contributed by atoms with E-state index in [0.29, 0.717) is 5.56 Å². The zero-order valence-electron chi connectivity index (χ0n) is 10.9. The van der Waals surface area contributed by atoms with Crippen LogP contribution in [-0.4, -0.2) is 49.9 Å². The van der Waals surface area contributed by atoms with Gasteiger partial charge in [0.05, 0.1) is 0 Å². The molecule has 0 amide bonds. The Morgan fingerprint density at radius 3 is 2.53 bits per heavy atom. The fourth-order valence-electron chi connectivity index (χ4n) is 1.67. The van der Waals surface area contributed by atoms with Crippen molar-refractivity contribution < 1.29 is 4.79 Å². The number of hydrogen-bond donors (Lipinski definition) is 0. The van der Waals surface area contributed by atoms with Gasteiger partial charge >= 0.3 is 0 Å². The topological polar surface area (TPSA) is 36.4 Å². The summed E-state index contributed by atoms with van der Waals surface area (Å²) < 4.78 is 0. The minimum absolute atomic E-state index is 0.623. The van der Waals surface area contributed by atoms with Crippen molar-refractivity contribution in [3.63, 3.8) is 0 Å². The van der Waals surface area contributed by atoms with E-state index in [1.54, 1.807) is 6.20 Å². The number of aromatic nitrogens is 1. The van der Waals surface area contributed by atoms with Gasteiger partial charge in [0.2, 0.25) is 0 Å². The summed E-state index contributed by atoms with van der Waals surface area (Å²) >= 11 is 0. The molecule has 0 atom stereocenters. The van der Waals surface area contributed by atoms with E-state index in [1.165, 1.54) is 0 Å². The lowest BCUT2D eigenvalue weighted by Gasteiger charge is -2.22. The molecule has 0 saturated carbocycles. The molecule has 0 aliphatic rings. The van der Waals surface area contributed by atoms with Crippen LogP contribution in [0.5, 0.6) is 0 Å². The Morgan fingerprint density at radius 2 is 2.06 bits per heavy atom. The van der Waals surface area contributed by atoms with Gasteiger partial charge in [0.1, 0.15) is 5.82 Å². The van der Waals surface area contributed by atoms with E-state index in [0.717, 1.165) is 38.2 Å². The number of hydrogen-bond acceptors (Lipinski definition) is 4. The number of pyridine rings is 1. The van der Waals surface area contributed by atoms with Crippen molar-refractivity contribution in [1.29, 1.82) is 0 Å². The second kappa shape index (κ2) is 7.01. The Kier molecular flexibility index (Phi) is 5.63. The molecule has 17 heavy (non-hydrogen) atoms. The van der Waals surface area contributed by atoms with Crippen LogP contribution in [0, 0.1) is 0 Å². The zero-order chi connectivity index (χ0) is 12.7. The third-order valence-corrected chi connectivity index (χ3v) is 2.65. The Hall–Kier alpha value is -1.42. The van der Waals surface area contributed by atoms with Gasteiger partial charge in [-0.25, -0.2) is 4.98 Å². The van der Waals surface area contributed by atoms with Crippen LogP contribution in [0.15, 0.2) is 18.3 Å². The first-order valence-corrected chi connectivity index (χ1v) is 5.98. The summed E-state index contributed by atoms with van der Waals surface area (Å²) in [6.07, 6.45) is 3.55. The Morgan fingerprint density at radius 1 is 1.29 bits per heavy atom. The van der Waals surface area contributed by atoms with E-state index >= 15 is 0 Å². The van der Waals surface area contributed by atoms with Gasteiger partial charge in [-0.2, -0.15) is 0 Å². The van der Waals surface area contributed by atoms with Crippen LogP contribution < -0.4 is 4.90 Å². The summed E-state index contributed by atoms with van der Waals surface area (Å²) in [5, 5.41) is 0. The van der Waals surface area contributed by atoms with Gasteiger partial charge in [0.25, 0.3) is 0 Å². The SMILES string of the molecule is CCN(CCCN(C)C)c1ccc(C=O)cn1. The highest BCUT2D eigenvalue weighted by molar-refractivity contribution is 5.74. The molecule has 1 rings (SSSR count). The minimum Gasteiger partial charge on any atom is -0.357 e. The lowest BCUT2D eigenvalue weighted by atomic mass is 10.3. The quantitative estimate of drug-likeness (QED) is 0.674. The average Bonchev–Trinajstić information content (AvgIpc) is 2.34. The first-order valence-electron chi connectivity index (χ1n) is 5.98. The molecular formula is C13H21N3O. The molecule has 0 bridgehead atoms. The largest absolute Gasteiger partial charge is 0.357 e. The van der Waals surface area contributed by atoms with Crippen LogP contribution in [0.4, 0.5) is 5.82 Å². The Bertz CT molecular complexity index is 335. The van der Waals surface area contributed by atoms with Crippen molar-refractivity contribution in [2.24, 2.45) is 0 Å². The van der Waals surface area contributed by atoms with Crippen molar-refractivity contribution in [2.75, 3.05) is 38.6 Å². The molecule has 94 valence electrons. The number of aldehydes is 1. The summed E-state index contributed by atoms with van der Waals surface area (Å²) in [4.78, 5) is 19.2. The Labute approximate surface area is 103 Å². The molecule has 1 aromatic rings. The summed E-state index contributed by atoms with van der Waals surface area (Å²) in [6, 6.07) is 3.72. The molecule has 0 aromatic carbocycles. The second-order valence-electron chi connectivity index (χ2n) is 4.30. The first kappa shape index (κ1) is 13.6. The summed E-state index contributed by atoms with van der Waals surface area (Å²) in [5.74, 6) is 0.942. The maximum atomic E-state index is 10.5. The number of carbonyl (C=O) groups excluding carboxylic acids is 1. The number of carbonyl (C=O) groups is 1. The smallest absolute Gasteiger partial charge is 0.151 e. The molecule has 0 radical (unpaired) electrons. The van der Waals surface area contributed by atoms with Crippen LogP contribution >= 0.6 is 0 Å². The summed E-state index contributed by atoms with van der Waals surface area (Å²) in [5.41, 5.74) is 0.623. The molecular weight excluding hydrogens is 214 g/mol. The Balaban J connectivity index is 2.56. The van der Waals surface area contributed by atoms with Crippen molar-refractivity contribution in [1.82, 2.24) is 9.88 Å². The van der Waals surface area contributed by atoms with Crippen molar-refractivity contribution in [3.05, 3.63) is 23.9 Å². The standard InChI is InChI=1S/C13H21N3O/c1-4-16(9-5-8-15(2)3)13-7-6-12(11-17)10-14-13/h6-7,10-11H,4-5,8-9H2,1-3H3. The second-order valence-corrected chi connectivity index (χ2v) is 4.30. The van der Waals surface area contributed by atoms with Gasteiger partial charge in [-0.15, -0.1) is 0 Å². The van der Waals surface area contributed by atoms with Crippen LogP contribution in [0.2, 0.25) is 0 Å². The van der Waals surface area contributed by atoms with Gasteiger partial charge in [-0.3, -0.25) is 4.79 Å². The van der Waals surface area contributed by atoms with E-state index in [2.05, 4.69) is 35.8 Å². The number of rotatable bonds is 7. The van der Waals surface area contributed by atoms with Gasteiger partial charge in [-0.1, -0.05) is 0 Å². The molecule has 4 heteroatoms. The van der Waals surface area contributed by atoms with E-state index in [9.17, 15) is 4.79 Å².